The molecule has 0 aromatic carbocycles. The predicted molar refractivity (Wildman–Crippen MR) is 97.9 cm³/mol. The second-order valence-corrected chi connectivity index (χ2v) is 7.67. The number of aromatic nitrogens is 3. The Balaban J connectivity index is 1.46. The van der Waals surface area contributed by atoms with Gasteiger partial charge in [-0.25, -0.2) is 4.98 Å². The van der Waals surface area contributed by atoms with E-state index < -0.39 is 0 Å². The lowest BCUT2D eigenvalue weighted by molar-refractivity contribution is -0.124. The summed E-state index contributed by atoms with van der Waals surface area (Å²) in [5, 5.41) is 7.55. The van der Waals surface area contributed by atoms with Gasteiger partial charge in [0.15, 0.2) is 5.13 Å². The van der Waals surface area contributed by atoms with Crippen LogP contribution in [0.1, 0.15) is 33.8 Å². The molecule has 1 unspecified atom stereocenters. The van der Waals surface area contributed by atoms with Crippen molar-refractivity contribution in [2.24, 2.45) is 7.05 Å². The molecule has 0 saturated carbocycles. The molecular formula is C17H21N5O4S. The number of carbonyl (C=O) groups excluding carboxylic acids is 2. The van der Waals surface area contributed by atoms with Crippen molar-refractivity contribution in [2.45, 2.75) is 31.9 Å². The SMILES string of the molecule is COc1nn(C)cc1C(=O)N1CCc2nc(NC(=O)C3CCCO3)sc2C1. The van der Waals surface area contributed by atoms with Crippen LogP contribution in [-0.4, -0.2) is 57.8 Å². The summed E-state index contributed by atoms with van der Waals surface area (Å²) in [6.07, 6.45) is 3.57. The molecule has 1 saturated heterocycles. The molecule has 2 amide bonds. The molecule has 0 spiro atoms. The van der Waals surface area contributed by atoms with Crippen molar-refractivity contribution in [1.29, 1.82) is 0 Å². The summed E-state index contributed by atoms with van der Waals surface area (Å²) in [5.41, 5.74) is 1.38. The number of thiazole rings is 1. The van der Waals surface area contributed by atoms with Crippen molar-refractivity contribution in [2.75, 3.05) is 25.6 Å². The van der Waals surface area contributed by atoms with Crippen molar-refractivity contribution >= 4 is 28.3 Å². The average Bonchev–Trinajstić information content (AvgIpc) is 3.39. The normalized spacial score (nSPS) is 19.0. The Labute approximate surface area is 160 Å². The van der Waals surface area contributed by atoms with E-state index in [1.807, 2.05) is 0 Å². The number of carbonyl (C=O) groups is 2. The monoisotopic (exact) mass is 391 g/mol. The molecule has 4 heterocycles. The molecule has 1 N–H and O–H groups in total. The number of nitrogens with one attached hydrogen (secondary N) is 1. The van der Waals surface area contributed by atoms with E-state index in [2.05, 4.69) is 15.4 Å². The fourth-order valence-corrected chi connectivity index (χ4v) is 4.36. The highest BCUT2D eigenvalue weighted by molar-refractivity contribution is 7.15. The summed E-state index contributed by atoms with van der Waals surface area (Å²) >= 11 is 1.41. The molecule has 27 heavy (non-hydrogen) atoms. The summed E-state index contributed by atoms with van der Waals surface area (Å²) in [6.45, 7) is 1.65. The van der Waals surface area contributed by atoms with Gasteiger partial charge in [0.25, 0.3) is 11.8 Å². The molecule has 2 aromatic rings. The van der Waals surface area contributed by atoms with Crippen LogP contribution in [0.5, 0.6) is 5.88 Å². The second kappa shape index (κ2) is 7.28. The molecule has 9 nitrogen and oxygen atoms in total. The smallest absolute Gasteiger partial charge is 0.261 e. The molecule has 1 atom stereocenters. The number of nitrogens with zero attached hydrogens (tertiary/aromatic N) is 4. The summed E-state index contributed by atoms with van der Waals surface area (Å²) in [5.74, 6) is 0.0534. The van der Waals surface area contributed by atoms with Crippen molar-refractivity contribution in [3.63, 3.8) is 0 Å². The maximum Gasteiger partial charge on any atom is 0.261 e. The first-order valence-corrected chi connectivity index (χ1v) is 9.64. The number of rotatable bonds is 4. The van der Waals surface area contributed by atoms with Crippen molar-refractivity contribution in [1.82, 2.24) is 19.7 Å². The van der Waals surface area contributed by atoms with Gasteiger partial charge < -0.3 is 14.4 Å². The number of hydrogen-bond donors (Lipinski definition) is 1. The number of methoxy groups -OCH3 is 1. The minimum atomic E-state index is -0.387. The van der Waals surface area contributed by atoms with E-state index >= 15 is 0 Å². The Morgan fingerprint density at radius 3 is 3.04 bits per heavy atom. The van der Waals surface area contributed by atoms with E-state index in [0.717, 1.165) is 23.4 Å². The second-order valence-electron chi connectivity index (χ2n) is 6.58. The first-order valence-electron chi connectivity index (χ1n) is 8.83. The summed E-state index contributed by atoms with van der Waals surface area (Å²) < 4.78 is 12.2. The topological polar surface area (TPSA) is 98.6 Å². The maximum atomic E-state index is 12.9. The zero-order valence-corrected chi connectivity index (χ0v) is 16.0. The fraction of sp³-hybridized carbons (Fsp3) is 0.529. The summed E-state index contributed by atoms with van der Waals surface area (Å²) in [6, 6.07) is 0. The Kier molecular flexibility index (Phi) is 4.83. The highest BCUT2D eigenvalue weighted by Crippen LogP contribution is 2.30. The number of ether oxygens (including phenoxy) is 2. The van der Waals surface area contributed by atoms with Gasteiger partial charge in [-0.15, -0.1) is 5.10 Å². The average molecular weight is 391 g/mol. The molecule has 0 aliphatic carbocycles. The molecule has 4 rings (SSSR count). The Morgan fingerprint density at radius 2 is 2.30 bits per heavy atom. The molecule has 2 aliphatic heterocycles. The van der Waals surface area contributed by atoms with Crippen LogP contribution in [0.3, 0.4) is 0 Å². The largest absolute Gasteiger partial charge is 0.479 e. The van der Waals surface area contributed by atoms with Crippen LogP contribution in [-0.2, 0) is 29.5 Å². The lowest BCUT2D eigenvalue weighted by atomic mass is 10.1. The predicted octanol–water partition coefficient (Wildman–Crippen LogP) is 1.20. The van der Waals surface area contributed by atoms with E-state index in [4.69, 9.17) is 9.47 Å². The van der Waals surface area contributed by atoms with Gasteiger partial charge in [0, 0.05) is 37.7 Å². The van der Waals surface area contributed by atoms with E-state index in [9.17, 15) is 9.59 Å². The van der Waals surface area contributed by atoms with Gasteiger partial charge in [0.1, 0.15) is 11.7 Å². The van der Waals surface area contributed by atoms with Gasteiger partial charge in [-0.3, -0.25) is 19.6 Å². The van der Waals surface area contributed by atoms with Crippen LogP contribution in [0, 0.1) is 0 Å². The van der Waals surface area contributed by atoms with E-state index in [0.29, 0.717) is 42.7 Å². The maximum absolute atomic E-state index is 12.9. The number of anilines is 1. The first-order chi connectivity index (χ1) is 13.0. The highest BCUT2D eigenvalue weighted by Gasteiger charge is 2.29. The zero-order valence-electron chi connectivity index (χ0n) is 15.2. The molecule has 1 fully saturated rings. The van der Waals surface area contributed by atoms with E-state index in [1.54, 1.807) is 22.8 Å². The zero-order chi connectivity index (χ0) is 19.0. The molecule has 2 aromatic heterocycles. The van der Waals surface area contributed by atoms with Crippen LogP contribution in [0.2, 0.25) is 0 Å². The number of fused-ring (bicyclic) bond motifs is 1. The molecule has 0 bridgehead atoms. The Bertz CT molecular complexity index is 871. The third-order valence-electron chi connectivity index (χ3n) is 4.69. The summed E-state index contributed by atoms with van der Waals surface area (Å²) in [7, 11) is 3.25. The molecule has 2 aliphatic rings. The minimum Gasteiger partial charge on any atom is -0.479 e. The van der Waals surface area contributed by atoms with Crippen LogP contribution in [0.4, 0.5) is 5.13 Å². The van der Waals surface area contributed by atoms with Gasteiger partial charge >= 0.3 is 0 Å². The van der Waals surface area contributed by atoms with Gasteiger partial charge in [0.05, 0.1) is 19.3 Å². The highest BCUT2D eigenvalue weighted by atomic mass is 32.1. The summed E-state index contributed by atoms with van der Waals surface area (Å²) in [4.78, 5) is 32.3. The van der Waals surface area contributed by atoms with Crippen molar-refractivity contribution in [3.8, 4) is 5.88 Å². The van der Waals surface area contributed by atoms with Crippen LogP contribution in [0.25, 0.3) is 0 Å². The Morgan fingerprint density at radius 1 is 1.44 bits per heavy atom. The standard InChI is InChI=1S/C17H21N5O4S/c1-21-8-10(15(20-21)25-2)16(24)22-6-5-11-13(9-22)27-17(18-11)19-14(23)12-4-3-7-26-12/h8,12H,3-7,9H2,1-2H3,(H,18,19,23). The number of hydrogen-bond acceptors (Lipinski definition) is 7. The van der Waals surface area contributed by atoms with Crippen LogP contribution in [0.15, 0.2) is 6.20 Å². The van der Waals surface area contributed by atoms with Gasteiger partial charge in [-0.1, -0.05) is 11.3 Å². The number of amides is 2. The third-order valence-corrected chi connectivity index (χ3v) is 5.69. The molecule has 10 heteroatoms. The molecular weight excluding hydrogens is 370 g/mol. The molecule has 0 radical (unpaired) electrons. The van der Waals surface area contributed by atoms with Gasteiger partial charge in [0.2, 0.25) is 5.88 Å². The van der Waals surface area contributed by atoms with E-state index in [1.165, 1.54) is 18.4 Å². The van der Waals surface area contributed by atoms with Crippen LogP contribution < -0.4 is 10.1 Å². The van der Waals surface area contributed by atoms with E-state index in [-0.39, 0.29) is 17.9 Å². The number of aryl methyl sites for hydroxylation is 1. The van der Waals surface area contributed by atoms with Crippen molar-refractivity contribution in [3.05, 3.63) is 22.3 Å². The Hall–Kier alpha value is -2.46. The minimum absolute atomic E-state index is 0.121. The van der Waals surface area contributed by atoms with Crippen LogP contribution >= 0.6 is 11.3 Å². The molecule has 144 valence electrons. The quantitative estimate of drug-likeness (QED) is 0.841. The van der Waals surface area contributed by atoms with Gasteiger partial charge in [-0.2, -0.15) is 0 Å². The fourth-order valence-electron chi connectivity index (χ4n) is 3.33. The third kappa shape index (κ3) is 3.54. The lowest BCUT2D eigenvalue weighted by Crippen LogP contribution is -2.35. The van der Waals surface area contributed by atoms with Crippen molar-refractivity contribution < 1.29 is 19.1 Å². The first kappa shape index (κ1) is 17.9. The lowest BCUT2D eigenvalue weighted by Gasteiger charge is -2.25. The van der Waals surface area contributed by atoms with Gasteiger partial charge in [-0.05, 0) is 12.8 Å².